The summed E-state index contributed by atoms with van der Waals surface area (Å²) < 4.78 is 1.51. The molecule has 1 heterocycles. The van der Waals surface area contributed by atoms with Crippen molar-refractivity contribution in [2.75, 3.05) is 6.54 Å². The van der Waals surface area contributed by atoms with Crippen molar-refractivity contribution in [1.82, 2.24) is 14.5 Å². The number of aryl methyl sites for hydroxylation is 1. The topological polar surface area (TPSA) is 98.3 Å². The summed E-state index contributed by atoms with van der Waals surface area (Å²) in [4.78, 5) is 44.8. The molecular formula is C28H26Cl2N4O4. The van der Waals surface area contributed by atoms with Crippen LogP contribution in [0.25, 0.3) is 16.6 Å². The number of carbonyl (C=O) groups excluding carboxylic acids is 1. The maximum atomic E-state index is 13.8. The number of hydrogen-bond acceptors (Lipinski definition) is 5. The van der Waals surface area contributed by atoms with Crippen LogP contribution in [0.1, 0.15) is 48.6 Å². The number of carbonyl (C=O) groups is 1. The molecule has 0 aliphatic rings. The molecule has 10 heteroatoms. The number of fused-ring (bicyclic) bond motifs is 1. The molecule has 0 saturated carbocycles. The Bertz CT molecular complexity index is 1600. The van der Waals surface area contributed by atoms with E-state index in [1.54, 1.807) is 30.0 Å². The van der Waals surface area contributed by atoms with Crippen LogP contribution in [0.15, 0.2) is 65.5 Å². The number of aromatic nitrogens is 2. The van der Waals surface area contributed by atoms with Crippen molar-refractivity contribution in [2.45, 2.75) is 33.7 Å². The fourth-order valence-corrected chi connectivity index (χ4v) is 4.65. The lowest BCUT2D eigenvalue weighted by Crippen LogP contribution is -2.39. The number of halogens is 2. The van der Waals surface area contributed by atoms with Crippen molar-refractivity contribution in [3.8, 4) is 5.69 Å². The van der Waals surface area contributed by atoms with E-state index in [4.69, 9.17) is 28.2 Å². The highest BCUT2D eigenvalue weighted by molar-refractivity contribution is 6.32. The van der Waals surface area contributed by atoms with Crippen molar-refractivity contribution in [3.63, 3.8) is 0 Å². The van der Waals surface area contributed by atoms with Crippen LogP contribution in [0.4, 0.5) is 5.69 Å². The molecule has 8 nitrogen and oxygen atoms in total. The van der Waals surface area contributed by atoms with Gasteiger partial charge in [-0.3, -0.25) is 24.3 Å². The van der Waals surface area contributed by atoms with Gasteiger partial charge in [0.25, 0.3) is 17.2 Å². The third-order valence-electron chi connectivity index (χ3n) is 6.20. The van der Waals surface area contributed by atoms with Crippen LogP contribution in [0, 0.1) is 23.0 Å². The zero-order valence-electron chi connectivity index (χ0n) is 21.3. The first-order valence-corrected chi connectivity index (χ1v) is 12.8. The predicted octanol–water partition coefficient (Wildman–Crippen LogP) is 6.77. The van der Waals surface area contributed by atoms with Crippen molar-refractivity contribution in [3.05, 3.63) is 108 Å². The molecule has 1 unspecified atom stereocenters. The smallest absolute Gasteiger partial charge is 0.288 e. The minimum Gasteiger partial charge on any atom is -0.328 e. The SMILES string of the molecule is Cc1ccc(-n2c(C(C)N(CC(C)C)C(=O)c3ccc(Cl)c([N+](=O)[O-])c3)nc3cc(Cl)ccc3c2=O)cc1. The van der Waals surface area contributed by atoms with E-state index in [9.17, 15) is 19.7 Å². The highest BCUT2D eigenvalue weighted by atomic mass is 35.5. The first kappa shape index (κ1) is 27.3. The van der Waals surface area contributed by atoms with Crippen LogP contribution in [-0.2, 0) is 0 Å². The Kier molecular flexibility index (Phi) is 7.85. The van der Waals surface area contributed by atoms with Crippen LogP contribution in [0.5, 0.6) is 0 Å². The maximum Gasteiger partial charge on any atom is 0.288 e. The molecule has 0 radical (unpaired) electrons. The third kappa shape index (κ3) is 5.42. The molecule has 196 valence electrons. The number of nitro benzene ring substituents is 1. The zero-order chi connectivity index (χ0) is 27.7. The number of nitro groups is 1. The van der Waals surface area contributed by atoms with Gasteiger partial charge in [0.05, 0.1) is 27.6 Å². The molecule has 3 aromatic carbocycles. The van der Waals surface area contributed by atoms with E-state index in [0.29, 0.717) is 34.0 Å². The van der Waals surface area contributed by atoms with Crippen molar-refractivity contribution in [2.24, 2.45) is 5.92 Å². The zero-order valence-corrected chi connectivity index (χ0v) is 22.8. The average Bonchev–Trinajstić information content (AvgIpc) is 2.87. The Labute approximate surface area is 229 Å². The second kappa shape index (κ2) is 10.9. The Morgan fingerprint density at radius 3 is 2.37 bits per heavy atom. The van der Waals surface area contributed by atoms with Gasteiger partial charge < -0.3 is 4.90 Å². The molecule has 4 aromatic rings. The summed E-state index contributed by atoms with van der Waals surface area (Å²) in [5.41, 5.74) is 1.50. The lowest BCUT2D eigenvalue weighted by Gasteiger charge is -2.32. The first-order chi connectivity index (χ1) is 18.0. The number of amides is 1. The lowest BCUT2D eigenvalue weighted by atomic mass is 10.1. The van der Waals surface area contributed by atoms with Crippen LogP contribution in [0.2, 0.25) is 10.0 Å². The van der Waals surface area contributed by atoms with Gasteiger partial charge >= 0.3 is 0 Å². The van der Waals surface area contributed by atoms with Gasteiger partial charge in [0.1, 0.15) is 10.8 Å². The van der Waals surface area contributed by atoms with Gasteiger partial charge in [-0.2, -0.15) is 0 Å². The standard InChI is InChI=1S/C28H26Cl2N4O4/c1-16(2)15-32(27(35)19-7-12-23(30)25(13-19)34(37)38)18(4)26-31-24-14-20(29)8-11-22(24)28(36)33(26)21-9-5-17(3)6-10-21/h5-14,16,18H,15H2,1-4H3. The highest BCUT2D eigenvalue weighted by Gasteiger charge is 2.29. The number of hydrogen-bond donors (Lipinski definition) is 0. The first-order valence-electron chi connectivity index (χ1n) is 12.0. The Morgan fingerprint density at radius 2 is 1.74 bits per heavy atom. The van der Waals surface area contributed by atoms with Crippen LogP contribution in [-0.4, -0.2) is 31.8 Å². The molecule has 0 saturated heterocycles. The molecule has 0 fully saturated rings. The van der Waals surface area contributed by atoms with E-state index in [2.05, 4.69) is 0 Å². The number of nitrogens with zero attached hydrogens (tertiary/aromatic N) is 4. The summed E-state index contributed by atoms with van der Waals surface area (Å²) in [7, 11) is 0. The number of rotatable bonds is 7. The van der Waals surface area contributed by atoms with Gasteiger partial charge in [-0.1, -0.05) is 54.7 Å². The fourth-order valence-electron chi connectivity index (χ4n) is 4.30. The van der Waals surface area contributed by atoms with E-state index in [0.717, 1.165) is 5.56 Å². The molecule has 0 aliphatic carbocycles. The average molecular weight is 553 g/mol. The minimum absolute atomic E-state index is 0.0538. The maximum absolute atomic E-state index is 13.8. The minimum atomic E-state index is -0.683. The van der Waals surface area contributed by atoms with Crippen molar-refractivity contribution < 1.29 is 9.72 Å². The van der Waals surface area contributed by atoms with Gasteiger partial charge in [0.15, 0.2) is 0 Å². The molecule has 1 amide bonds. The Hall–Kier alpha value is -3.75. The van der Waals surface area contributed by atoms with Crippen LogP contribution in [0.3, 0.4) is 0 Å². The van der Waals surface area contributed by atoms with E-state index in [1.807, 2.05) is 45.0 Å². The quantitative estimate of drug-likeness (QED) is 0.186. The summed E-state index contributed by atoms with van der Waals surface area (Å²) in [6.45, 7) is 7.96. The summed E-state index contributed by atoms with van der Waals surface area (Å²) >= 11 is 12.2. The molecule has 38 heavy (non-hydrogen) atoms. The van der Waals surface area contributed by atoms with Crippen LogP contribution < -0.4 is 5.56 Å². The lowest BCUT2D eigenvalue weighted by molar-refractivity contribution is -0.384. The largest absolute Gasteiger partial charge is 0.328 e. The summed E-state index contributed by atoms with van der Waals surface area (Å²) in [6, 6.07) is 15.6. The normalized spacial score (nSPS) is 12.1. The van der Waals surface area contributed by atoms with E-state index in [-0.39, 0.29) is 27.8 Å². The second-order valence-corrected chi connectivity index (χ2v) is 10.4. The molecule has 0 aliphatic heterocycles. The second-order valence-electron chi connectivity index (χ2n) is 9.56. The molecule has 0 bridgehead atoms. The summed E-state index contributed by atoms with van der Waals surface area (Å²) in [5, 5.41) is 12.2. The van der Waals surface area contributed by atoms with Crippen molar-refractivity contribution >= 4 is 45.7 Å². The molecule has 4 rings (SSSR count). The van der Waals surface area contributed by atoms with Gasteiger partial charge in [-0.05, 0) is 62.2 Å². The Morgan fingerprint density at radius 1 is 1.05 bits per heavy atom. The van der Waals surface area contributed by atoms with Crippen LogP contribution >= 0.6 is 23.2 Å². The summed E-state index contributed by atoms with van der Waals surface area (Å²) in [5.74, 6) is -0.0499. The predicted molar refractivity (Wildman–Crippen MR) is 149 cm³/mol. The molecule has 0 spiro atoms. The van der Waals surface area contributed by atoms with Crippen molar-refractivity contribution in [1.29, 1.82) is 0 Å². The van der Waals surface area contributed by atoms with Gasteiger partial charge in [0, 0.05) is 23.2 Å². The van der Waals surface area contributed by atoms with E-state index >= 15 is 0 Å². The van der Waals surface area contributed by atoms with Gasteiger partial charge in [-0.25, -0.2) is 4.98 Å². The van der Waals surface area contributed by atoms with E-state index in [1.165, 1.54) is 22.8 Å². The monoisotopic (exact) mass is 552 g/mol. The molecule has 1 atom stereocenters. The molecule has 1 aromatic heterocycles. The summed E-state index contributed by atoms with van der Waals surface area (Å²) in [6.07, 6.45) is 0. The van der Waals surface area contributed by atoms with Gasteiger partial charge in [-0.15, -0.1) is 0 Å². The van der Waals surface area contributed by atoms with Gasteiger partial charge in [0.2, 0.25) is 0 Å². The highest BCUT2D eigenvalue weighted by Crippen LogP contribution is 2.29. The third-order valence-corrected chi connectivity index (χ3v) is 6.76. The number of benzene rings is 3. The Balaban J connectivity index is 1.93. The molecular weight excluding hydrogens is 527 g/mol. The van der Waals surface area contributed by atoms with E-state index < -0.39 is 16.9 Å². The molecule has 0 N–H and O–H groups in total. The fraction of sp³-hybridized carbons (Fsp3) is 0.250.